The zero-order chi connectivity index (χ0) is 19.2. The summed E-state index contributed by atoms with van der Waals surface area (Å²) in [6.07, 6.45) is 5.03. The van der Waals surface area contributed by atoms with E-state index in [1.807, 2.05) is 36.5 Å². The molecule has 1 heterocycles. The maximum atomic E-state index is 13.2. The third kappa shape index (κ3) is 2.89. The molecule has 0 radical (unpaired) electrons. The highest BCUT2D eigenvalue weighted by Gasteiger charge is 2.54. The molecule has 0 bridgehead atoms. The van der Waals surface area contributed by atoms with Crippen molar-refractivity contribution in [3.05, 3.63) is 66.4 Å². The molecule has 2 atom stereocenters. The van der Waals surface area contributed by atoms with Crippen molar-refractivity contribution in [3.63, 3.8) is 0 Å². The zero-order valence-corrected chi connectivity index (χ0v) is 16.9. The van der Waals surface area contributed by atoms with Gasteiger partial charge in [-0.3, -0.25) is 0 Å². The largest absolute Gasteiger partial charge is 0.303 e. The van der Waals surface area contributed by atoms with E-state index < -0.39 is 10.0 Å². The molecule has 1 fully saturated rings. The van der Waals surface area contributed by atoms with Gasteiger partial charge in [0.1, 0.15) is 0 Å². The standard InChI is InChI=1S/C22H26N2O2S/c1-4-18-15-22(18,23(2)3)14-17-16-24(21-13-9-8-12-20(17)21)27(25,26)19-10-6-5-7-11-19/h5-13,16,18H,4,14-15H2,1-3H3/t18-,22+/m0/s1. The third-order valence-electron chi connectivity index (χ3n) is 6.14. The van der Waals surface area contributed by atoms with Crippen molar-refractivity contribution >= 4 is 20.9 Å². The summed E-state index contributed by atoms with van der Waals surface area (Å²) in [5.74, 6) is 0.667. The van der Waals surface area contributed by atoms with Crippen molar-refractivity contribution in [2.75, 3.05) is 14.1 Å². The Hall–Kier alpha value is -2.11. The predicted octanol–water partition coefficient (Wildman–Crippen LogP) is 4.15. The highest BCUT2D eigenvalue weighted by molar-refractivity contribution is 7.90. The first kappa shape index (κ1) is 18.3. The van der Waals surface area contributed by atoms with Crippen LogP contribution in [0.2, 0.25) is 0 Å². The molecular formula is C22H26N2O2S. The molecule has 4 nitrogen and oxygen atoms in total. The third-order valence-corrected chi connectivity index (χ3v) is 7.83. The minimum atomic E-state index is -3.62. The fraction of sp³-hybridized carbons (Fsp3) is 0.364. The van der Waals surface area contributed by atoms with Gasteiger partial charge >= 0.3 is 0 Å². The predicted molar refractivity (Wildman–Crippen MR) is 109 cm³/mol. The molecular weight excluding hydrogens is 356 g/mol. The van der Waals surface area contributed by atoms with Gasteiger partial charge in [-0.25, -0.2) is 12.4 Å². The lowest BCUT2D eigenvalue weighted by Crippen LogP contribution is -2.34. The van der Waals surface area contributed by atoms with Crippen LogP contribution in [0.15, 0.2) is 65.7 Å². The SMILES string of the molecule is CC[C@H]1C[C@@]1(Cc1cn(S(=O)(=O)c2ccccc2)c2ccccc12)N(C)C. The van der Waals surface area contributed by atoms with Crippen LogP contribution in [0.25, 0.3) is 10.9 Å². The van der Waals surface area contributed by atoms with E-state index in [9.17, 15) is 8.42 Å². The summed E-state index contributed by atoms with van der Waals surface area (Å²) in [6.45, 7) is 2.24. The van der Waals surface area contributed by atoms with Gasteiger partial charge in [-0.1, -0.05) is 49.7 Å². The van der Waals surface area contributed by atoms with Crippen LogP contribution in [0, 0.1) is 5.92 Å². The van der Waals surface area contributed by atoms with E-state index >= 15 is 0 Å². The van der Waals surface area contributed by atoms with Crippen LogP contribution in [0.3, 0.4) is 0 Å². The molecule has 0 N–H and O–H groups in total. The van der Waals surface area contributed by atoms with Gasteiger partial charge in [0.25, 0.3) is 10.0 Å². The Morgan fingerprint density at radius 3 is 2.37 bits per heavy atom. The van der Waals surface area contributed by atoms with Crippen LogP contribution < -0.4 is 0 Å². The van der Waals surface area contributed by atoms with E-state index in [2.05, 4.69) is 25.9 Å². The van der Waals surface area contributed by atoms with Gasteiger partial charge in [-0.15, -0.1) is 0 Å². The quantitative estimate of drug-likeness (QED) is 0.643. The fourth-order valence-corrected chi connectivity index (χ4v) is 5.82. The first-order valence-corrected chi connectivity index (χ1v) is 10.9. The van der Waals surface area contributed by atoms with Crippen molar-refractivity contribution in [1.29, 1.82) is 0 Å². The van der Waals surface area contributed by atoms with Crippen LogP contribution in [0.5, 0.6) is 0 Å². The van der Waals surface area contributed by atoms with Crippen molar-refractivity contribution in [2.45, 2.75) is 36.6 Å². The first-order chi connectivity index (χ1) is 12.9. The minimum Gasteiger partial charge on any atom is -0.303 e. The van der Waals surface area contributed by atoms with Crippen molar-refractivity contribution in [1.82, 2.24) is 8.87 Å². The van der Waals surface area contributed by atoms with Gasteiger partial charge in [-0.2, -0.15) is 0 Å². The molecule has 0 spiro atoms. The Labute approximate surface area is 161 Å². The Morgan fingerprint density at radius 2 is 1.74 bits per heavy atom. The van der Waals surface area contributed by atoms with Crippen molar-refractivity contribution < 1.29 is 8.42 Å². The summed E-state index contributed by atoms with van der Waals surface area (Å²) in [5, 5.41) is 1.03. The second-order valence-corrected chi connectivity index (χ2v) is 9.58. The lowest BCUT2D eigenvalue weighted by atomic mass is 9.99. The van der Waals surface area contributed by atoms with Crippen LogP contribution in [0.1, 0.15) is 25.3 Å². The van der Waals surface area contributed by atoms with E-state index in [1.165, 1.54) is 10.4 Å². The van der Waals surface area contributed by atoms with Gasteiger partial charge in [0.2, 0.25) is 0 Å². The molecule has 27 heavy (non-hydrogen) atoms. The minimum absolute atomic E-state index is 0.139. The van der Waals surface area contributed by atoms with E-state index in [-0.39, 0.29) is 5.54 Å². The summed E-state index contributed by atoms with van der Waals surface area (Å²) >= 11 is 0. The van der Waals surface area contributed by atoms with Crippen LogP contribution >= 0.6 is 0 Å². The molecule has 4 rings (SSSR count). The number of rotatable bonds is 6. The number of fused-ring (bicyclic) bond motifs is 1. The Morgan fingerprint density at radius 1 is 1.07 bits per heavy atom. The number of likely N-dealkylation sites (N-methyl/N-ethyl adjacent to an activating group) is 1. The molecule has 1 aromatic heterocycles. The molecule has 1 aliphatic carbocycles. The number of nitrogens with zero attached hydrogens (tertiary/aromatic N) is 2. The number of benzene rings is 2. The number of aromatic nitrogens is 1. The molecule has 142 valence electrons. The molecule has 0 saturated heterocycles. The second kappa shape index (κ2) is 6.50. The summed E-state index contributed by atoms with van der Waals surface area (Å²) in [4.78, 5) is 2.64. The van der Waals surface area contributed by atoms with Gasteiger partial charge in [-0.05, 0) is 56.6 Å². The molecule has 5 heteroatoms. The monoisotopic (exact) mass is 382 g/mol. The maximum absolute atomic E-state index is 13.2. The number of hydrogen-bond acceptors (Lipinski definition) is 3. The lowest BCUT2D eigenvalue weighted by Gasteiger charge is -2.25. The molecule has 0 unspecified atom stereocenters. The summed E-state index contributed by atoms with van der Waals surface area (Å²) < 4.78 is 28.0. The Kier molecular flexibility index (Phi) is 4.40. The molecule has 1 aliphatic rings. The van der Waals surface area contributed by atoms with E-state index in [4.69, 9.17) is 0 Å². The van der Waals surface area contributed by atoms with Crippen molar-refractivity contribution in [3.8, 4) is 0 Å². The summed E-state index contributed by atoms with van der Waals surface area (Å²) in [6, 6.07) is 16.5. The molecule has 2 aromatic carbocycles. The van der Waals surface area contributed by atoms with Gasteiger partial charge in [0, 0.05) is 17.1 Å². The second-order valence-electron chi connectivity index (χ2n) is 7.77. The van der Waals surface area contributed by atoms with E-state index in [0.29, 0.717) is 10.8 Å². The number of para-hydroxylation sites is 1. The maximum Gasteiger partial charge on any atom is 0.268 e. The summed E-state index contributed by atoms with van der Waals surface area (Å²) in [5.41, 5.74) is 1.99. The average molecular weight is 383 g/mol. The first-order valence-electron chi connectivity index (χ1n) is 9.47. The molecule has 0 aliphatic heterocycles. The lowest BCUT2D eigenvalue weighted by molar-refractivity contribution is 0.246. The summed E-state index contributed by atoms with van der Waals surface area (Å²) in [7, 11) is 0.653. The van der Waals surface area contributed by atoms with Crippen LogP contribution in [0.4, 0.5) is 0 Å². The van der Waals surface area contributed by atoms with Crippen molar-refractivity contribution in [2.24, 2.45) is 5.92 Å². The average Bonchev–Trinajstić information content (AvgIpc) is 3.28. The van der Waals surface area contributed by atoms with Crippen LogP contribution in [-0.2, 0) is 16.4 Å². The normalized spacial score (nSPS) is 22.4. The zero-order valence-electron chi connectivity index (χ0n) is 16.1. The van der Waals surface area contributed by atoms with E-state index in [0.717, 1.165) is 29.3 Å². The van der Waals surface area contributed by atoms with Gasteiger partial charge < -0.3 is 4.90 Å². The molecule has 3 aromatic rings. The van der Waals surface area contributed by atoms with Crippen LogP contribution in [-0.4, -0.2) is 36.9 Å². The molecule has 0 amide bonds. The Balaban J connectivity index is 1.84. The molecule has 1 saturated carbocycles. The highest BCUT2D eigenvalue weighted by atomic mass is 32.2. The van der Waals surface area contributed by atoms with Gasteiger partial charge in [0.15, 0.2) is 0 Å². The van der Waals surface area contributed by atoms with E-state index in [1.54, 1.807) is 24.3 Å². The fourth-order valence-electron chi connectivity index (χ4n) is 4.41. The Bertz CT molecular complexity index is 1070. The number of hydrogen-bond donors (Lipinski definition) is 0. The topological polar surface area (TPSA) is 42.3 Å². The van der Waals surface area contributed by atoms with Gasteiger partial charge in [0.05, 0.1) is 10.4 Å². The smallest absolute Gasteiger partial charge is 0.268 e. The highest BCUT2D eigenvalue weighted by Crippen LogP contribution is 2.52.